The largest absolute Gasteiger partial charge is 0.310 e. The molecule has 0 unspecified atom stereocenters. The standard InChI is InChI=1S/C72H53BN2S2/c1-72(2,3)52-42-49(41-51(43-52)70-61-35-21-19-33-59(61)69(48-23-9-4-10-24-48)60-34-20-22-36-62(60)70)50-44-67-71-68(45-50)77-66-47-58(75(55-29-15-7-16-30-55)56-31-17-8-18-32-56)38-40-64(66)73(71)63-39-37-57(46-65(63)76-67)74(53-25-11-5-12-26-53)54-27-13-6-14-28-54/h4-47H,1-3H3. The van der Waals surface area contributed by atoms with E-state index in [0.29, 0.717) is 0 Å². The summed E-state index contributed by atoms with van der Waals surface area (Å²) in [5.74, 6) is 0. The van der Waals surface area contributed by atoms with E-state index in [1.807, 2.05) is 23.5 Å². The number of hydrogen-bond donors (Lipinski definition) is 0. The molecule has 12 aromatic carbocycles. The molecule has 2 heterocycles. The predicted octanol–water partition coefficient (Wildman–Crippen LogP) is 18.7. The first kappa shape index (κ1) is 47.0. The van der Waals surface area contributed by atoms with E-state index in [4.69, 9.17) is 0 Å². The highest BCUT2D eigenvalue weighted by Gasteiger charge is 2.39. The SMILES string of the molecule is CC(C)(C)c1cc(-c2cc3c4c(c2)Sc2cc(N(c5ccccc5)c5ccccc5)ccc2B4c2ccc(N(c4ccccc4)c4ccccc4)cc2S3)cc(-c2c3ccccc3c(-c3ccccc3)c3ccccc23)c1. The van der Waals surface area contributed by atoms with Gasteiger partial charge in [0.1, 0.15) is 0 Å². The van der Waals surface area contributed by atoms with E-state index in [-0.39, 0.29) is 12.1 Å². The van der Waals surface area contributed by atoms with Crippen molar-refractivity contribution in [1.29, 1.82) is 0 Å². The van der Waals surface area contributed by atoms with E-state index in [1.54, 1.807) is 0 Å². The lowest BCUT2D eigenvalue weighted by Crippen LogP contribution is -2.58. The molecule has 0 amide bonds. The molecule has 0 bridgehead atoms. The summed E-state index contributed by atoms with van der Waals surface area (Å²) in [6.07, 6.45) is 0. The molecule has 0 spiro atoms. The Hall–Kier alpha value is -8.48. The quantitative estimate of drug-likeness (QED) is 0.105. The molecule has 0 radical (unpaired) electrons. The van der Waals surface area contributed by atoms with Crippen molar-refractivity contribution in [3.63, 3.8) is 0 Å². The van der Waals surface area contributed by atoms with Crippen LogP contribution in [0.25, 0.3) is 54.9 Å². The number of rotatable bonds is 9. The van der Waals surface area contributed by atoms with Crippen molar-refractivity contribution in [1.82, 2.24) is 0 Å². The molecular weight excluding hydrogens is 968 g/mol. The van der Waals surface area contributed by atoms with E-state index in [0.717, 1.165) is 34.1 Å². The van der Waals surface area contributed by atoms with Gasteiger partial charge in [-0.25, -0.2) is 0 Å². The first-order chi connectivity index (χ1) is 37.8. The number of hydrogen-bond acceptors (Lipinski definition) is 4. The van der Waals surface area contributed by atoms with E-state index < -0.39 is 0 Å². The van der Waals surface area contributed by atoms with Crippen LogP contribution >= 0.6 is 23.5 Å². The van der Waals surface area contributed by atoms with Gasteiger partial charge in [0.25, 0.3) is 0 Å². The molecule has 5 heteroatoms. The lowest BCUT2D eigenvalue weighted by Gasteiger charge is -2.35. The molecule has 14 rings (SSSR count). The number of benzene rings is 12. The highest BCUT2D eigenvalue weighted by atomic mass is 32.2. The second-order valence-electron chi connectivity index (χ2n) is 21.2. The van der Waals surface area contributed by atoms with Gasteiger partial charge in [-0.1, -0.05) is 231 Å². The fourth-order valence-electron chi connectivity index (χ4n) is 11.8. The maximum Gasteiger partial charge on any atom is 0.247 e. The minimum atomic E-state index is -0.116. The lowest BCUT2D eigenvalue weighted by molar-refractivity contribution is 0.591. The van der Waals surface area contributed by atoms with Crippen molar-refractivity contribution in [3.8, 4) is 33.4 Å². The molecule has 2 aliphatic heterocycles. The zero-order valence-electron chi connectivity index (χ0n) is 43.2. The molecule has 77 heavy (non-hydrogen) atoms. The molecule has 0 fully saturated rings. The Morgan fingerprint density at radius 3 is 1.05 bits per heavy atom. The maximum atomic E-state index is 2.50. The van der Waals surface area contributed by atoms with Crippen molar-refractivity contribution in [2.75, 3.05) is 9.80 Å². The second kappa shape index (κ2) is 19.3. The van der Waals surface area contributed by atoms with Gasteiger partial charge in [-0.15, -0.1) is 0 Å². The molecule has 366 valence electrons. The molecule has 0 aromatic heterocycles. The molecule has 12 aromatic rings. The number of nitrogens with zero attached hydrogens (tertiary/aromatic N) is 2. The van der Waals surface area contributed by atoms with Crippen LogP contribution in [0, 0.1) is 0 Å². The Balaban J connectivity index is 0.979. The van der Waals surface area contributed by atoms with Gasteiger partial charge in [0.05, 0.1) is 0 Å². The molecule has 2 nitrogen and oxygen atoms in total. The molecule has 0 N–H and O–H groups in total. The summed E-state index contributed by atoms with van der Waals surface area (Å²) in [7, 11) is 0. The van der Waals surface area contributed by atoms with Gasteiger partial charge in [0, 0.05) is 53.7 Å². The van der Waals surface area contributed by atoms with Gasteiger partial charge in [0.15, 0.2) is 0 Å². The summed E-state index contributed by atoms with van der Waals surface area (Å²) in [6, 6.07) is 98.8. The van der Waals surface area contributed by atoms with E-state index >= 15 is 0 Å². The van der Waals surface area contributed by atoms with Gasteiger partial charge >= 0.3 is 0 Å². The van der Waals surface area contributed by atoms with Crippen LogP contribution in [-0.4, -0.2) is 6.71 Å². The summed E-state index contributed by atoms with van der Waals surface area (Å²) in [6.45, 7) is 7.10. The Kier molecular flexibility index (Phi) is 11.8. The maximum absolute atomic E-state index is 2.50. The number of fused-ring (bicyclic) bond motifs is 6. The van der Waals surface area contributed by atoms with Gasteiger partial charge in [-0.3, -0.25) is 0 Å². The van der Waals surface area contributed by atoms with Gasteiger partial charge < -0.3 is 9.80 Å². The molecular formula is C72H53BN2S2. The second-order valence-corrected chi connectivity index (χ2v) is 23.4. The molecule has 0 saturated heterocycles. The van der Waals surface area contributed by atoms with E-state index in [1.165, 1.54) is 96.5 Å². The first-order valence-corrected chi connectivity index (χ1v) is 28.2. The predicted molar refractivity (Wildman–Crippen MR) is 332 cm³/mol. The van der Waals surface area contributed by atoms with Crippen LogP contribution in [0.1, 0.15) is 26.3 Å². The van der Waals surface area contributed by atoms with Gasteiger partial charge in [-0.2, -0.15) is 0 Å². The summed E-state index contributed by atoms with van der Waals surface area (Å²) in [5, 5.41) is 5.05. The van der Waals surface area contributed by atoms with Crippen molar-refractivity contribution >= 4 is 102 Å². The van der Waals surface area contributed by atoms with Crippen molar-refractivity contribution in [3.05, 3.63) is 272 Å². The van der Waals surface area contributed by atoms with Crippen molar-refractivity contribution < 1.29 is 0 Å². The van der Waals surface area contributed by atoms with Crippen LogP contribution in [0.3, 0.4) is 0 Å². The third-order valence-corrected chi connectivity index (χ3v) is 17.7. The highest BCUT2D eigenvalue weighted by Crippen LogP contribution is 2.48. The first-order valence-electron chi connectivity index (χ1n) is 26.6. The Morgan fingerprint density at radius 1 is 0.299 bits per heavy atom. The highest BCUT2D eigenvalue weighted by molar-refractivity contribution is 8.01. The fourth-order valence-corrected chi connectivity index (χ4v) is 14.4. The zero-order chi connectivity index (χ0) is 51.6. The van der Waals surface area contributed by atoms with Crippen LogP contribution < -0.4 is 26.2 Å². The third-order valence-electron chi connectivity index (χ3n) is 15.4. The Labute approximate surface area is 460 Å². The average Bonchev–Trinajstić information content (AvgIpc) is 3.53. The van der Waals surface area contributed by atoms with E-state index in [2.05, 4.69) is 297 Å². The van der Waals surface area contributed by atoms with Gasteiger partial charge in [-0.05, 0) is 162 Å². The normalized spacial score (nSPS) is 12.5. The zero-order valence-corrected chi connectivity index (χ0v) is 44.8. The molecule has 0 saturated carbocycles. The Bertz CT molecular complexity index is 3900. The Morgan fingerprint density at radius 2 is 0.649 bits per heavy atom. The van der Waals surface area contributed by atoms with Gasteiger partial charge in [0.2, 0.25) is 6.71 Å². The minimum Gasteiger partial charge on any atom is -0.310 e. The average molecular weight is 1020 g/mol. The van der Waals surface area contributed by atoms with Crippen LogP contribution in [0.15, 0.2) is 287 Å². The molecule has 0 aliphatic carbocycles. The monoisotopic (exact) mass is 1020 g/mol. The van der Waals surface area contributed by atoms with Crippen molar-refractivity contribution in [2.45, 2.75) is 45.8 Å². The summed E-state index contributed by atoms with van der Waals surface area (Å²) < 4.78 is 0. The topological polar surface area (TPSA) is 6.48 Å². The van der Waals surface area contributed by atoms with Crippen LogP contribution in [0.2, 0.25) is 0 Å². The summed E-state index contributed by atoms with van der Waals surface area (Å²) in [4.78, 5) is 9.94. The van der Waals surface area contributed by atoms with Crippen LogP contribution in [0.4, 0.5) is 34.1 Å². The molecule has 0 atom stereocenters. The number of para-hydroxylation sites is 4. The third kappa shape index (κ3) is 8.42. The fraction of sp³-hybridized carbons (Fsp3) is 0.0556. The van der Waals surface area contributed by atoms with Crippen LogP contribution in [0.5, 0.6) is 0 Å². The van der Waals surface area contributed by atoms with Crippen molar-refractivity contribution in [2.24, 2.45) is 0 Å². The van der Waals surface area contributed by atoms with E-state index in [9.17, 15) is 0 Å². The summed E-state index contributed by atoms with van der Waals surface area (Å²) >= 11 is 3.85. The smallest absolute Gasteiger partial charge is 0.247 e. The lowest BCUT2D eigenvalue weighted by atomic mass is 9.36. The minimum absolute atomic E-state index is 0.0470. The number of anilines is 6. The molecule has 2 aliphatic rings. The summed E-state index contributed by atoms with van der Waals surface area (Å²) in [5.41, 5.74) is 19.5. The van der Waals surface area contributed by atoms with Crippen LogP contribution in [-0.2, 0) is 5.41 Å².